The molecular formula is C34H37N5O5. The van der Waals surface area contributed by atoms with Crippen LogP contribution in [0, 0.1) is 0 Å². The topological polar surface area (TPSA) is 97.3 Å². The van der Waals surface area contributed by atoms with E-state index in [0.717, 1.165) is 35.6 Å². The molecule has 10 nitrogen and oxygen atoms in total. The average molecular weight is 596 g/mol. The molecule has 0 aliphatic carbocycles. The Kier molecular flexibility index (Phi) is 9.91. The normalized spacial score (nSPS) is 13.2. The Morgan fingerprint density at radius 3 is 2.32 bits per heavy atom. The molecule has 4 aromatic rings. The summed E-state index contributed by atoms with van der Waals surface area (Å²) in [6, 6.07) is 26.2. The molecule has 0 unspecified atom stereocenters. The van der Waals surface area contributed by atoms with Crippen molar-refractivity contribution in [3.63, 3.8) is 0 Å². The van der Waals surface area contributed by atoms with Gasteiger partial charge in [-0.2, -0.15) is 0 Å². The summed E-state index contributed by atoms with van der Waals surface area (Å²) in [4.78, 5) is 32.8. The predicted molar refractivity (Wildman–Crippen MR) is 168 cm³/mol. The molecule has 2 amide bonds. The van der Waals surface area contributed by atoms with Crippen LogP contribution < -0.4 is 19.1 Å². The number of methoxy groups -OCH3 is 3. The maximum absolute atomic E-state index is 13.6. The van der Waals surface area contributed by atoms with Gasteiger partial charge in [0.25, 0.3) is 5.91 Å². The second-order valence-corrected chi connectivity index (χ2v) is 10.4. The van der Waals surface area contributed by atoms with E-state index in [2.05, 4.69) is 15.1 Å². The van der Waals surface area contributed by atoms with E-state index in [1.54, 1.807) is 50.5 Å². The highest BCUT2D eigenvalue weighted by molar-refractivity contribution is 5.96. The molecule has 228 valence electrons. The molecule has 3 aromatic carbocycles. The fourth-order valence-electron chi connectivity index (χ4n) is 5.24. The van der Waals surface area contributed by atoms with Crippen LogP contribution >= 0.6 is 0 Å². The molecule has 0 saturated carbocycles. The van der Waals surface area contributed by atoms with Gasteiger partial charge in [0, 0.05) is 43.9 Å². The molecule has 1 aliphatic heterocycles. The Labute approximate surface area is 257 Å². The van der Waals surface area contributed by atoms with E-state index >= 15 is 0 Å². The fourth-order valence-corrected chi connectivity index (χ4v) is 5.24. The molecule has 0 spiro atoms. The van der Waals surface area contributed by atoms with E-state index < -0.39 is 0 Å². The molecule has 0 atom stereocenters. The van der Waals surface area contributed by atoms with Gasteiger partial charge in [-0.15, -0.1) is 10.2 Å². The fraction of sp³-hybridized carbons (Fsp3) is 0.294. The van der Waals surface area contributed by atoms with Crippen LogP contribution in [-0.2, 0) is 11.3 Å². The van der Waals surface area contributed by atoms with Gasteiger partial charge in [0.2, 0.25) is 5.91 Å². The van der Waals surface area contributed by atoms with Crippen molar-refractivity contribution < 1.29 is 23.8 Å². The minimum atomic E-state index is -0.220. The third-order valence-corrected chi connectivity index (χ3v) is 7.65. The zero-order valence-electron chi connectivity index (χ0n) is 25.3. The third-order valence-electron chi connectivity index (χ3n) is 7.65. The van der Waals surface area contributed by atoms with Crippen LogP contribution in [0.4, 0.5) is 5.82 Å². The summed E-state index contributed by atoms with van der Waals surface area (Å²) in [6.45, 7) is 2.77. The van der Waals surface area contributed by atoms with Crippen molar-refractivity contribution >= 4 is 17.6 Å². The molecule has 0 radical (unpaired) electrons. The quantitative estimate of drug-likeness (QED) is 0.264. The molecule has 2 heterocycles. The van der Waals surface area contributed by atoms with Crippen LogP contribution in [0.15, 0.2) is 84.9 Å². The highest BCUT2D eigenvalue weighted by atomic mass is 16.5. The number of ether oxygens (including phenoxy) is 3. The number of anilines is 1. The number of hydrogen-bond donors (Lipinski definition) is 0. The molecule has 1 fully saturated rings. The summed E-state index contributed by atoms with van der Waals surface area (Å²) in [6.07, 6.45) is 0.771. The number of nitrogens with zero attached hydrogens (tertiary/aromatic N) is 5. The summed E-state index contributed by atoms with van der Waals surface area (Å²) < 4.78 is 16.1. The number of aromatic nitrogens is 2. The summed E-state index contributed by atoms with van der Waals surface area (Å²) in [7, 11) is 4.77. The number of benzene rings is 3. The SMILES string of the molecule is COc1cccc(C(=O)N(CC(=O)N2CCCN(c3ccc(-c4ccc(OC)c(OC)c4)nn3)CC2)Cc2ccccc2)c1. The molecule has 0 N–H and O–H groups in total. The van der Waals surface area contributed by atoms with E-state index in [1.807, 2.05) is 65.6 Å². The standard InChI is InChI=1S/C34H37N5O5/c1-42-28-12-7-11-27(21-28)34(41)39(23-25-9-5-4-6-10-25)24-33(40)38-18-8-17-37(19-20-38)32-16-14-29(35-36-32)26-13-15-30(43-2)31(22-26)44-3/h4-7,9-16,21-22H,8,17-20,23-24H2,1-3H3. The molecule has 1 aliphatic rings. The maximum atomic E-state index is 13.6. The first kappa shape index (κ1) is 30.3. The lowest BCUT2D eigenvalue weighted by Crippen LogP contribution is -2.44. The Morgan fingerprint density at radius 1 is 0.773 bits per heavy atom. The van der Waals surface area contributed by atoms with Gasteiger partial charge >= 0.3 is 0 Å². The number of amides is 2. The monoisotopic (exact) mass is 595 g/mol. The van der Waals surface area contributed by atoms with E-state index in [4.69, 9.17) is 14.2 Å². The molecule has 1 aromatic heterocycles. The first-order valence-corrected chi connectivity index (χ1v) is 14.5. The summed E-state index contributed by atoms with van der Waals surface area (Å²) in [5.41, 5.74) is 3.03. The van der Waals surface area contributed by atoms with Gasteiger partial charge in [-0.25, -0.2) is 0 Å². The summed E-state index contributed by atoms with van der Waals surface area (Å²) in [5.74, 6) is 2.31. The van der Waals surface area contributed by atoms with E-state index in [-0.39, 0.29) is 18.4 Å². The Balaban J connectivity index is 1.25. The second-order valence-electron chi connectivity index (χ2n) is 10.4. The maximum Gasteiger partial charge on any atom is 0.254 e. The highest BCUT2D eigenvalue weighted by Crippen LogP contribution is 2.31. The van der Waals surface area contributed by atoms with Crippen molar-refractivity contribution in [2.75, 3.05) is 59.0 Å². The van der Waals surface area contributed by atoms with Crippen LogP contribution in [0.25, 0.3) is 11.3 Å². The minimum absolute atomic E-state index is 0.0231. The van der Waals surface area contributed by atoms with Crippen LogP contribution in [-0.4, -0.2) is 85.9 Å². The van der Waals surface area contributed by atoms with Crippen molar-refractivity contribution in [2.45, 2.75) is 13.0 Å². The highest BCUT2D eigenvalue weighted by Gasteiger charge is 2.25. The van der Waals surface area contributed by atoms with Crippen LogP contribution in [0.3, 0.4) is 0 Å². The number of rotatable bonds is 10. The molecule has 1 saturated heterocycles. The molecule has 5 rings (SSSR count). The van der Waals surface area contributed by atoms with Crippen LogP contribution in [0.5, 0.6) is 17.2 Å². The number of hydrogen-bond acceptors (Lipinski definition) is 8. The smallest absolute Gasteiger partial charge is 0.254 e. The molecular weight excluding hydrogens is 558 g/mol. The van der Waals surface area contributed by atoms with Crippen molar-refractivity contribution in [3.8, 4) is 28.5 Å². The van der Waals surface area contributed by atoms with Gasteiger partial charge in [0.05, 0.1) is 27.0 Å². The summed E-state index contributed by atoms with van der Waals surface area (Å²) >= 11 is 0. The lowest BCUT2D eigenvalue weighted by molar-refractivity contribution is -0.131. The van der Waals surface area contributed by atoms with Gasteiger partial charge in [0.15, 0.2) is 17.3 Å². The van der Waals surface area contributed by atoms with Crippen molar-refractivity contribution in [3.05, 3.63) is 96.1 Å². The number of carbonyl (C=O) groups excluding carboxylic acids is 2. The van der Waals surface area contributed by atoms with Gasteiger partial charge in [0.1, 0.15) is 12.3 Å². The Morgan fingerprint density at radius 2 is 1.59 bits per heavy atom. The molecule has 0 bridgehead atoms. The Bertz CT molecular complexity index is 1560. The van der Waals surface area contributed by atoms with E-state index in [0.29, 0.717) is 49.0 Å². The second kappa shape index (κ2) is 14.4. The molecule has 10 heteroatoms. The van der Waals surface area contributed by atoms with E-state index in [1.165, 1.54) is 0 Å². The van der Waals surface area contributed by atoms with Crippen LogP contribution in [0.2, 0.25) is 0 Å². The number of carbonyl (C=O) groups is 2. The minimum Gasteiger partial charge on any atom is -0.497 e. The lowest BCUT2D eigenvalue weighted by Gasteiger charge is -2.27. The van der Waals surface area contributed by atoms with Gasteiger partial charge in [-0.3, -0.25) is 9.59 Å². The van der Waals surface area contributed by atoms with E-state index in [9.17, 15) is 9.59 Å². The van der Waals surface area contributed by atoms with Crippen molar-refractivity contribution in [1.82, 2.24) is 20.0 Å². The third kappa shape index (κ3) is 7.26. The van der Waals surface area contributed by atoms with Crippen LogP contribution in [0.1, 0.15) is 22.3 Å². The first-order chi connectivity index (χ1) is 21.5. The van der Waals surface area contributed by atoms with Gasteiger partial charge in [-0.1, -0.05) is 36.4 Å². The lowest BCUT2D eigenvalue weighted by atomic mass is 10.1. The largest absolute Gasteiger partial charge is 0.497 e. The Hall–Kier alpha value is -5.12. The van der Waals surface area contributed by atoms with Crippen molar-refractivity contribution in [2.24, 2.45) is 0 Å². The van der Waals surface area contributed by atoms with Crippen molar-refractivity contribution in [1.29, 1.82) is 0 Å². The zero-order valence-corrected chi connectivity index (χ0v) is 25.3. The van der Waals surface area contributed by atoms with Gasteiger partial charge < -0.3 is 28.9 Å². The summed E-state index contributed by atoms with van der Waals surface area (Å²) in [5, 5.41) is 8.95. The average Bonchev–Trinajstić information content (AvgIpc) is 3.34. The van der Waals surface area contributed by atoms with Gasteiger partial charge in [-0.05, 0) is 60.5 Å². The predicted octanol–water partition coefficient (Wildman–Crippen LogP) is 4.55. The first-order valence-electron chi connectivity index (χ1n) is 14.5. The zero-order chi connectivity index (χ0) is 30.9. The molecule has 44 heavy (non-hydrogen) atoms.